The molecule has 1 fully saturated rings. The summed E-state index contributed by atoms with van der Waals surface area (Å²) < 4.78 is 32.7. The van der Waals surface area contributed by atoms with Crippen molar-refractivity contribution in [3.8, 4) is 5.75 Å². The second-order valence-corrected chi connectivity index (χ2v) is 10.4. The molecule has 0 aliphatic carbocycles. The van der Waals surface area contributed by atoms with Crippen molar-refractivity contribution in [2.24, 2.45) is 0 Å². The summed E-state index contributed by atoms with van der Waals surface area (Å²) in [6, 6.07) is 9.15. The van der Waals surface area contributed by atoms with Crippen LogP contribution in [0.3, 0.4) is 0 Å². The Morgan fingerprint density at radius 2 is 1.94 bits per heavy atom. The van der Waals surface area contributed by atoms with Crippen LogP contribution in [0.15, 0.2) is 41.3 Å². The number of esters is 1. The second-order valence-electron chi connectivity index (χ2n) is 7.40. The fourth-order valence-corrected chi connectivity index (χ4v) is 5.89. The molecule has 0 unspecified atom stereocenters. The van der Waals surface area contributed by atoms with Crippen molar-refractivity contribution >= 4 is 48.6 Å². The Morgan fingerprint density at radius 3 is 2.69 bits per heavy atom. The molecule has 0 radical (unpaired) electrons. The number of benzene rings is 2. The summed E-state index contributed by atoms with van der Waals surface area (Å²) in [5.74, 6) is -2.04. The van der Waals surface area contributed by atoms with Crippen molar-refractivity contribution in [2.75, 3.05) is 25.0 Å². The zero-order valence-corrected chi connectivity index (χ0v) is 18.8. The number of hydrogen-bond acceptors (Lipinski definition) is 8. The van der Waals surface area contributed by atoms with Crippen LogP contribution in [0, 0.1) is 6.92 Å². The number of nitrogens with zero attached hydrogens (tertiary/aromatic N) is 2. The maximum atomic E-state index is 12.7. The molecule has 4 rings (SSSR count). The molecule has 1 aliphatic rings. The van der Waals surface area contributed by atoms with Crippen molar-refractivity contribution in [1.82, 2.24) is 9.29 Å². The number of phenolic OH excluding ortho intramolecular Hbond substituents is 1. The van der Waals surface area contributed by atoms with Crippen LogP contribution < -0.4 is 5.32 Å². The van der Waals surface area contributed by atoms with Gasteiger partial charge in [0.15, 0.2) is 11.7 Å². The Bertz CT molecular complexity index is 1300. The van der Waals surface area contributed by atoms with E-state index < -0.39 is 34.3 Å². The molecule has 0 spiro atoms. The molecule has 2 heterocycles. The molecule has 11 heteroatoms. The van der Waals surface area contributed by atoms with Gasteiger partial charge in [-0.25, -0.2) is 18.2 Å². The average Bonchev–Trinajstić information content (AvgIpc) is 3.42. The standard InChI is InChI=1S/C21H21N3O6S2/c1-13-4-6-16-18(10-13)31-21(22-16)23-19(26)12-30-20(27)15-11-14(5-7-17(15)25)32(28,29)24-8-2-3-9-24/h4-7,10-11,25H,2-3,8-9,12H2,1H3,(H,22,23,26). The summed E-state index contributed by atoms with van der Waals surface area (Å²) in [5, 5.41) is 13.0. The van der Waals surface area contributed by atoms with Gasteiger partial charge in [0.25, 0.3) is 5.91 Å². The highest BCUT2D eigenvalue weighted by Gasteiger charge is 2.28. The summed E-state index contributed by atoms with van der Waals surface area (Å²) in [7, 11) is -3.77. The molecule has 0 bridgehead atoms. The lowest BCUT2D eigenvalue weighted by atomic mass is 10.2. The smallest absolute Gasteiger partial charge is 0.342 e. The minimum absolute atomic E-state index is 0.113. The van der Waals surface area contributed by atoms with E-state index in [4.69, 9.17) is 4.74 Å². The lowest BCUT2D eigenvalue weighted by molar-refractivity contribution is -0.119. The predicted octanol–water partition coefficient (Wildman–Crippen LogP) is 2.89. The van der Waals surface area contributed by atoms with Crippen LogP contribution in [0.2, 0.25) is 0 Å². The predicted molar refractivity (Wildman–Crippen MR) is 119 cm³/mol. The number of carbonyl (C=O) groups excluding carboxylic acids is 2. The number of amides is 1. The zero-order valence-electron chi connectivity index (χ0n) is 17.2. The minimum atomic E-state index is -3.77. The molecule has 0 atom stereocenters. The Kier molecular flexibility index (Phi) is 6.13. The van der Waals surface area contributed by atoms with Gasteiger partial charge >= 0.3 is 5.97 Å². The van der Waals surface area contributed by atoms with Crippen molar-refractivity contribution in [1.29, 1.82) is 0 Å². The van der Waals surface area contributed by atoms with Crippen molar-refractivity contribution in [3.63, 3.8) is 0 Å². The Morgan fingerprint density at radius 1 is 1.19 bits per heavy atom. The van der Waals surface area contributed by atoms with Crippen molar-refractivity contribution < 1.29 is 27.9 Å². The fraction of sp³-hybridized carbons (Fsp3) is 0.286. The number of aromatic hydroxyl groups is 1. The summed E-state index contributed by atoms with van der Waals surface area (Å²) in [6.07, 6.45) is 1.55. The first-order valence-corrected chi connectivity index (χ1v) is 12.2. The first-order valence-electron chi connectivity index (χ1n) is 9.91. The Labute approximate surface area is 188 Å². The Hall–Kier alpha value is -3.02. The number of aromatic nitrogens is 1. The number of aryl methyl sites for hydroxylation is 1. The van der Waals surface area contributed by atoms with E-state index in [1.165, 1.54) is 21.7 Å². The number of rotatable bonds is 6. The number of nitrogens with one attached hydrogen (secondary N) is 1. The van der Waals surface area contributed by atoms with Gasteiger partial charge in [0.1, 0.15) is 11.3 Å². The molecular formula is C21H21N3O6S2. The van der Waals surface area contributed by atoms with Gasteiger partial charge in [-0.05, 0) is 55.7 Å². The van der Waals surface area contributed by atoms with Crippen LogP contribution >= 0.6 is 11.3 Å². The van der Waals surface area contributed by atoms with E-state index in [0.717, 1.165) is 40.8 Å². The van der Waals surface area contributed by atoms with Gasteiger partial charge in [-0.2, -0.15) is 4.31 Å². The highest BCUT2D eigenvalue weighted by atomic mass is 32.2. The first-order chi connectivity index (χ1) is 15.2. The van der Waals surface area contributed by atoms with Crippen LogP contribution in [0.5, 0.6) is 5.75 Å². The van der Waals surface area contributed by atoms with Gasteiger partial charge < -0.3 is 9.84 Å². The zero-order chi connectivity index (χ0) is 22.9. The van der Waals surface area contributed by atoms with E-state index in [9.17, 15) is 23.1 Å². The van der Waals surface area contributed by atoms with Crippen LogP contribution in [0.25, 0.3) is 10.2 Å². The quantitative estimate of drug-likeness (QED) is 0.525. The minimum Gasteiger partial charge on any atom is -0.507 e. The van der Waals surface area contributed by atoms with E-state index in [1.807, 2.05) is 25.1 Å². The summed E-state index contributed by atoms with van der Waals surface area (Å²) in [6.45, 7) is 2.16. The third-order valence-corrected chi connectivity index (χ3v) is 7.84. The molecule has 32 heavy (non-hydrogen) atoms. The molecule has 1 aromatic heterocycles. The van der Waals surface area contributed by atoms with E-state index in [1.54, 1.807) is 0 Å². The number of fused-ring (bicyclic) bond motifs is 1. The number of anilines is 1. The summed E-state index contributed by atoms with van der Waals surface area (Å²) in [4.78, 5) is 28.8. The summed E-state index contributed by atoms with van der Waals surface area (Å²) in [5.41, 5.74) is 1.49. The van der Waals surface area contributed by atoms with Crippen LogP contribution in [-0.4, -0.2) is 54.4 Å². The molecular weight excluding hydrogens is 454 g/mol. The van der Waals surface area contributed by atoms with Gasteiger partial charge in [0, 0.05) is 13.1 Å². The fourth-order valence-electron chi connectivity index (χ4n) is 3.37. The van der Waals surface area contributed by atoms with Crippen LogP contribution in [-0.2, 0) is 19.6 Å². The van der Waals surface area contributed by atoms with E-state index in [-0.39, 0.29) is 10.5 Å². The maximum Gasteiger partial charge on any atom is 0.342 e. The second kappa shape index (κ2) is 8.85. The van der Waals surface area contributed by atoms with Gasteiger partial charge in [-0.1, -0.05) is 17.4 Å². The molecule has 3 aromatic rings. The summed E-state index contributed by atoms with van der Waals surface area (Å²) >= 11 is 1.29. The first kappa shape index (κ1) is 22.2. The highest BCUT2D eigenvalue weighted by molar-refractivity contribution is 7.89. The topological polar surface area (TPSA) is 126 Å². The number of hydrogen-bond donors (Lipinski definition) is 2. The third kappa shape index (κ3) is 4.59. The molecule has 168 valence electrons. The van der Waals surface area contributed by atoms with Gasteiger partial charge in [0.2, 0.25) is 10.0 Å². The Balaban J connectivity index is 1.42. The van der Waals surface area contributed by atoms with Crippen molar-refractivity contribution in [3.05, 3.63) is 47.5 Å². The molecule has 1 saturated heterocycles. The lowest BCUT2D eigenvalue weighted by Gasteiger charge is -2.16. The maximum absolute atomic E-state index is 12.7. The number of phenols is 1. The third-order valence-electron chi connectivity index (χ3n) is 5.02. The van der Waals surface area contributed by atoms with Gasteiger partial charge in [0.05, 0.1) is 15.1 Å². The molecule has 0 saturated carbocycles. The molecule has 1 aliphatic heterocycles. The number of carbonyl (C=O) groups is 2. The molecule has 2 N–H and O–H groups in total. The van der Waals surface area contributed by atoms with E-state index in [2.05, 4.69) is 10.3 Å². The van der Waals surface area contributed by atoms with Crippen molar-refractivity contribution in [2.45, 2.75) is 24.7 Å². The molecule has 2 aromatic carbocycles. The SMILES string of the molecule is Cc1ccc2nc(NC(=O)COC(=O)c3cc(S(=O)(=O)N4CCCC4)ccc3O)sc2c1. The number of ether oxygens (including phenoxy) is 1. The largest absolute Gasteiger partial charge is 0.507 e. The average molecular weight is 476 g/mol. The van der Waals surface area contributed by atoms with Gasteiger partial charge in [-0.3, -0.25) is 10.1 Å². The monoisotopic (exact) mass is 475 g/mol. The number of sulfonamides is 1. The van der Waals surface area contributed by atoms with Gasteiger partial charge in [-0.15, -0.1) is 0 Å². The van der Waals surface area contributed by atoms with Crippen LogP contribution in [0.4, 0.5) is 5.13 Å². The molecule has 9 nitrogen and oxygen atoms in total. The normalized spacial score (nSPS) is 14.5. The van der Waals surface area contributed by atoms with E-state index >= 15 is 0 Å². The lowest BCUT2D eigenvalue weighted by Crippen LogP contribution is -2.28. The van der Waals surface area contributed by atoms with Crippen LogP contribution in [0.1, 0.15) is 28.8 Å². The van der Waals surface area contributed by atoms with E-state index in [0.29, 0.717) is 18.2 Å². The molecule has 1 amide bonds. The highest BCUT2D eigenvalue weighted by Crippen LogP contribution is 2.28. The number of thiazole rings is 1.